The van der Waals surface area contributed by atoms with Crippen molar-refractivity contribution in [2.75, 3.05) is 53.0 Å². The number of ether oxygens (including phenoxy) is 1. The number of pyridine rings is 1. The minimum atomic E-state index is -0.0369. The lowest BCUT2D eigenvalue weighted by atomic mass is 10.1. The van der Waals surface area contributed by atoms with E-state index in [1.54, 1.807) is 12.4 Å². The van der Waals surface area contributed by atoms with E-state index in [9.17, 15) is 9.59 Å². The van der Waals surface area contributed by atoms with Gasteiger partial charge < -0.3 is 24.9 Å². The van der Waals surface area contributed by atoms with Crippen molar-refractivity contribution >= 4 is 23.1 Å². The number of nitrogens with zero attached hydrogens (tertiary/aromatic N) is 4. The molecule has 9 heteroatoms. The fourth-order valence-electron chi connectivity index (χ4n) is 4.40. The zero-order valence-corrected chi connectivity index (χ0v) is 19.3. The largest absolute Gasteiger partial charge is 0.377 e. The summed E-state index contributed by atoms with van der Waals surface area (Å²) in [6.45, 7) is 6.54. The molecule has 9 nitrogen and oxygen atoms in total. The van der Waals surface area contributed by atoms with Crippen LogP contribution in [-0.2, 0) is 9.53 Å². The number of H-pyrrole nitrogens is 1. The van der Waals surface area contributed by atoms with Crippen molar-refractivity contribution in [3.05, 3.63) is 53.3 Å². The van der Waals surface area contributed by atoms with E-state index in [0.29, 0.717) is 50.5 Å². The lowest BCUT2D eigenvalue weighted by molar-refractivity contribution is -0.106. The first-order valence-electron chi connectivity index (χ1n) is 11.5. The highest BCUT2D eigenvalue weighted by Crippen LogP contribution is 2.20. The summed E-state index contributed by atoms with van der Waals surface area (Å²) in [5.41, 5.74) is 7.68. The van der Waals surface area contributed by atoms with E-state index in [1.807, 2.05) is 36.1 Å². The molecule has 4 heterocycles. The Labute approximate surface area is 194 Å². The van der Waals surface area contributed by atoms with Crippen LogP contribution in [0.3, 0.4) is 0 Å². The Morgan fingerprint density at radius 3 is 2.76 bits per heavy atom. The predicted molar refractivity (Wildman–Crippen MR) is 126 cm³/mol. The second kappa shape index (κ2) is 10.6. The number of nitrogens with one attached hydrogen (secondary N) is 2. The van der Waals surface area contributed by atoms with Crippen LogP contribution >= 0.6 is 0 Å². The van der Waals surface area contributed by atoms with Crippen LogP contribution in [-0.4, -0.2) is 90.0 Å². The van der Waals surface area contributed by atoms with E-state index in [1.165, 1.54) is 5.57 Å². The number of hydrazine groups is 1. The minimum absolute atomic E-state index is 0.0369. The molecular formula is C24H32N6O3. The molecule has 0 aliphatic carbocycles. The SMILES string of the molecule is CC/C(NN(C)CC1=CCOCC1)=C(/C=O)N1CCN(C(=O)c2cncc3cc[nH]c23)CC1. The zero-order chi connectivity index (χ0) is 23.2. The topological polar surface area (TPSA) is 93.8 Å². The molecule has 1 amide bonds. The maximum Gasteiger partial charge on any atom is 0.257 e. The van der Waals surface area contributed by atoms with Gasteiger partial charge in [-0.1, -0.05) is 18.6 Å². The number of aldehydes is 1. The first-order chi connectivity index (χ1) is 16.1. The number of fused-ring (bicyclic) bond motifs is 1. The highest BCUT2D eigenvalue weighted by atomic mass is 16.5. The molecular weight excluding hydrogens is 420 g/mol. The lowest BCUT2D eigenvalue weighted by Crippen LogP contribution is -2.49. The van der Waals surface area contributed by atoms with Crippen LogP contribution in [0.5, 0.6) is 0 Å². The Balaban J connectivity index is 1.40. The van der Waals surface area contributed by atoms with Crippen LogP contribution in [0, 0.1) is 0 Å². The molecule has 0 saturated carbocycles. The van der Waals surface area contributed by atoms with Gasteiger partial charge in [-0.25, -0.2) is 5.01 Å². The number of carbonyl (C=O) groups is 2. The van der Waals surface area contributed by atoms with Crippen LogP contribution in [0.25, 0.3) is 10.9 Å². The van der Waals surface area contributed by atoms with Gasteiger partial charge >= 0.3 is 0 Å². The maximum atomic E-state index is 13.1. The number of aromatic nitrogens is 2. The number of rotatable bonds is 8. The van der Waals surface area contributed by atoms with Gasteiger partial charge in [0.1, 0.15) is 0 Å². The number of amides is 1. The van der Waals surface area contributed by atoms with Crippen molar-refractivity contribution in [3.63, 3.8) is 0 Å². The molecule has 1 fully saturated rings. The standard InChI is InChI=1S/C24H32N6O3/c1-3-21(27-28(2)16-18-5-12-33-13-6-18)22(17-31)29-8-10-30(11-9-29)24(32)20-15-25-14-19-4-7-26-23(19)20/h4-5,7,14-15,17,26-27H,3,6,8-13,16H2,1-2H3/b22-21+. The number of hydrogen-bond donors (Lipinski definition) is 2. The summed E-state index contributed by atoms with van der Waals surface area (Å²) < 4.78 is 5.38. The molecule has 2 aromatic rings. The van der Waals surface area contributed by atoms with Crippen LogP contribution in [0.2, 0.25) is 0 Å². The third-order valence-electron chi connectivity index (χ3n) is 6.20. The Hall–Kier alpha value is -3.17. The van der Waals surface area contributed by atoms with Crippen molar-refractivity contribution in [1.82, 2.24) is 30.2 Å². The van der Waals surface area contributed by atoms with Crippen molar-refractivity contribution in [2.45, 2.75) is 19.8 Å². The smallest absolute Gasteiger partial charge is 0.257 e. The number of carbonyl (C=O) groups excluding carboxylic acids is 2. The number of hydrogen-bond acceptors (Lipinski definition) is 7. The number of piperazine rings is 1. The van der Waals surface area contributed by atoms with Gasteiger partial charge in [0.25, 0.3) is 5.91 Å². The quantitative estimate of drug-likeness (QED) is 0.274. The van der Waals surface area contributed by atoms with Crippen molar-refractivity contribution < 1.29 is 14.3 Å². The molecule has 0 atom stereocenters. The van der Waals surface area contributed by atoms with Gasteiger partial charge in [-0.15, -0.1) is 0 Å². The molecule has 176 valence electrons. The van der Waals surface area contributed by atoms with Crippen LogP contribution in [0.15, 0.2) is 47.7 Å². The van der Waals surface area contributed by atoms with E-state index in [4.69, 9.17) is 4.74 Å². The molecule has 2 aliphatic heterocycles. The van der Waals surface area contributed by atoms with Crippen molar-refractivity contribution in [2.24, 2.45) is 0 Å². The molecule has 0 radical (unpaired) electrons. The summed E-state index contributed by atoms with van der Waals surface area (Å²) in [7, 11) is 1.99. The highest BCUT2D eigenvalue weighted by molar-refractivity contribution is 6.05. The fourth-order valence-corrected chi connectivity index (χ4v) is 4.40. The predicted octanol–water partition coefficient (Wildman–Crippen LogP) is 1.92. The third-order valence-corrected chi connectivity index (χ3v) is 6.20. The fraction of sp³-hybridized carbons (Fsp3) is 0.458. The van der Waals surface area contributed by atoms with Gasteiger partial charge in [0.2, 0.25) is 0 Å². The molecule has 4 rings (SSSR count). The van der Waals surface area contributed by atoms with Gasteiger partial charge in [0.15, 0.2) is 6.29 Å². The number of aromatic amines is 1. The summed E-state index contributed by atoms with van der Waals surface area (Å²) in [4.78, 5) is 36.4. The molecule has 33 heavy (non-hydrogen) atoms. The average molecular weight is 453 g/mol. The van der Waals surface area contributed by atoms with Crippen LogP contribution in [0.1, 0.15) is 30.1 Å². The van der Waals surface area contributed by atoms with E-state index in [-0.39, 0.29) is 5.91 Å². The van der Waals surface area contributed by atoms with Gasteiger partial charge in [0, 0.05) is 63.7 Å². The van der Waals surface area contributed by atoms with E-state index >= 15 is 0 Å². The Morgan fingerprint density at radius 1 is 1.27 bits per heavy atom. The molecule has 0 bridgehead atoms. The minimum Gasteiger partial charge on any atom is -0.377 e. The Kier molecular flexibility index (Phi) is 7.41. The molecule has 2 aliphatic rings. The summed E-state index contributed by atoms with van der Waals surface area (Å²) in [5.74, 6) is -0.0369. The normalized spacial score (nSPS) is 17.7. The molecule has 0 spiro atoms. The Morgan fingerprint density at radius 2 is 2.06 bits per heavy atom. The maximum absolute atomic E-state index is 13.1. The van der Waals surface area contributed by atoms with E-state index in [0.717, 1.165) is 42.5 Å². The van der Waals surface area contributed by atoms with Gasteiger partial charge in [-0.05, 0) is 18.9 Å². The second-order valence-electron chi connectivity index (χ2n) is 8.40. The lowest BCUT2D eigenvalue weighted by Gasteiger charge is -2.37. The van der Waals surface area contributed by atoms with Crippen molar-refractivity contribution in [3.8, 4) is 0 Å². The van der Waals surface area contributed by atoms with Crippen LogP contribution in [0.4, 0.5) is 0 Å². The van der Waals surface area contributed by atoms with Gasteiger partial charge in [-0.2, -0.15) is 0 Å². The average Bonchev–Trinajstić information content (AvgIpc) is 3.33. The summed E-state index contributed by atoms with van der Waals surface area (Å²) in [5, 5.41) is 2.94. The van der Waals surface area contributed by atoms with Gasteiger partial charge in [0.05, 0.1) is 35.7 Å². The summed E-state index contributed by atoms with van der Waals surface area (Å²) in [6.07, 6.45) is 9.87. The summed E-state index contributed by atoms with van der Waals surface area (Å²) in [6, 6.07) is 1.91. The first-order valence-corrected chi connectivity index (χ1v) is 11.5. The van der Waals surface area contributed by atoms with Crippen molar-refractivity contribution in [1.29, 1.82) is 0 Å². The molecule has 1 saturated heterocycles. The molecule has 2 N–H and O–H groups in total. The highest BCUT2D eigenvalue weighted by Gasteiger charge is 2.26. The van der Waals surface area contributed by atoms with E-state index in [2.05, 4.69) is 26.4 Å². The van der Waals surface area contributed by atoms with E-state index < -0.39 is 0 Å². The monoisotopic (exact) mass is 452 g/mol. The third kappa shape index (κ3) is 5.26. The van der Waals surface area contributed by atoms with Crippen LogP contribution < -0.4 is 5.43 Å². The zero-order valence-electron chi connectivity index (χ0n) is 19.3. The molecule has 2 aromatic heterocycles. The Bertz CT molecular complexity index is 1050. The molecule has 0 aromatic carbocycles. The second-order valence-corrected chi connectivity index (χ2v) is 8.40. The molecule has 0 unspecified atom stereocenters. The number of allylic oxidation sites excluding steroid dienone is 2. The van der Waals surface area contributed by atoms with Gasteiger partial charge in [-0.3, -0.25) is 14.6 Å². The summed E-state index contributed by atoms with van der Waals surface area (Å²) >= 11 is 0. The first kappa shape index (κ1) is 23.0. The number of likely N-dealkylation sites (N-methyl/N-ethyl adjacent to an activating group) is 1.